The molecule has 0 saturated carbocycles. The van der Waals surface area contributed by atoms with E-state index >= 15 is 0 Å². The van der Waals surface area contributed by atoms with Gasteiger partial charge in [-0.2, -0.15) is 0 Å². The van der Waals surface area contributed by atoms with Gasteiger partial charge in [0, 0.05) is 7.05 Å². The molecule has 0 aliphatic carbocycles. The van der Waals surface area contributed by atoms with Crippen molar-refractivity contribution in [3.05, 3.63) is 26.7 Å². The van der Waals surface area contributed by atoms with Gasteiger partial charge >= 0.3 is 11.7 Å². The first-order valence-electron chi connectivity index (χ1n) is 5.60. The van der Waals surface area contributed by atoms with Crippen LogP contribution in [0.5, 0.6) is 0 Å². The lowest BCUT2D eigenvalue weighted by Crippen LogP contribution is -2.38. The van der Waals surface area contributed by atoms with Gasteiger partial charge in [-0.1, -0.05) is 0 Å². The minimum atomic E-state index is -1.32. The van der Waals surface area contributed by atoms with Gasteiger partial charge in [-0.25, -0.2) is 14.6 Å². The molecule has 0 atom stereocenters. The van der Waals surface area contributed by atoms with E-state index in [1.807, 2.05) is 0 Å². The molecule has 2 heterocycles. The van der Waals surface area contributed by atoms with E-state index in [2.05, 4.69) is 9.97 Å². The number of nitrogens with zero attached hydrogens (tertiary/aromatic N) is 3. The van der Waals surface area contributed by atoms with Crippen LogP contribution in [-0.4, -0.2) is 30.2 Å². The number of hydrogen-bond acceptors (Lipinski definition) is 4. The number of carboxylic acids is 1. The minimum Gasteiger partial charge on any atom is -0.480 e. The molecule has 0 aromatic carbocycles. The van der Waals surface area contributed by atoms with Crippen molar-refractivity contribution in [3.8, 4) is 0 Å². The van der Waals surface area contributed by atoms with Crippen LogP contribution in [-0.2, 0) is 17.4 Å². The number of carbonyl (C=O) groups is 1. The highest BCUT2D eigenvalue weighted by atomic mass is 16.4. The topological polar surface area (TPSA) is 110 Å². The molecule has 0 amide bonds. The van der Waals surface area contributed by atoms with Crippen LogP contribution in [0.25, 0.3) is 11.2 Å². The van der Waals surface area contributed by atoms with Gasteiger partial charge in [0.05, 0.1) is 0 Å². The monoisotopic (exact) mass is 266 g/mol. The zero-order chi connectivity index (χ0) is 14.5. The predicted molar refractivity (Wildman–Crippen MR) is 67.3 cm³/mol. The highest BCUT2D eigenvalue weighted by Gasteiger charge is 2.34. The van der Waals surface area contributed by atoms with E-state index < -0.39 is 22.8 Å². The SMILES string of the molecule is Cc1nc2c(=O)[nH]c(=O)n(C)c2n1C(C)(C)C(=O)O. The first kappa shape index (κ1) is 13.1. The van der Waals surface area contributed by atoms with E-state index in [0.717, 1.165) is 0 Å². The number of H-pyrrole nitrogens is 1. The quantitative estimate of drug-likeness (QED) is 0.765. The maximum Gasteiger partial charge on any atom is 0.329 e. The van der Waals surface area contributed by atoms with Crippen LogP contribution in [0.2, 0.25) is 0 Å². The van der Waals surface area contributed by atoms with Crippen LogP contribution < -0.4 is 11.2 Å². The summed E-state index contributed by atoms with van der Waals surface area (Å²) in [6, 6.07) is 0. The fourth-order valence-corrected chi connectivity index (χ4v) is 2.08. The molecule has 8 heteroatoms. The highest BCUT2D eigenvalue weighted by molar-refractivity contribution is 5.80. The van der Waals surface area contributed by atoms with Gasteiger partial charge < -0.3 is 5.11 Å². The van der Waals surface area contributed by atoms with Crippen molar-refractivity contribution in [2.75, 3.05) is 0 Å². The van der Waals surface area contributed by atoms with Crippen LogP contribution in [0.3, 0.4) is 0 Å². The van der Waals surface area contributed by atoms with Crippen molar-refractivity contribution < 1.29 is 9.90 Å². The molecule has 0 bridgehead atoms. The standard InChI is InChI=1S/C11H14N4O4/c1-5-12-6-7(16)13-10(19)14(4)8(6)15(5)11(2,3)9(17)18/h1-4H3,(H,17,18)(H,13,16,19). The molecule has 0 aliphatic heterocycles. The molecule has 2 aromatic heterocycles. The van der Waals surface area contributed by atoms with Crippen molar-refractivity contribution in [2.24, 2.45) is 7.05 Å². The van der Waals surface area contributed by atoms with Gasteiger partial charge in [0.2, 0.25) is 0 Å². The third-order valence-corrected chi connectivity index (χ3v) is 3.16. The molecule has 8 nitrogen and oxygen atoms in total. The molecule has 19 heavy (non-hydrogen) atoms. The molecule has 0 fully saturated rings. The Morgan fingerprint density at radius 3 is 2.47 bits per heavy atom. The Balaban J connectivity index is 3.06. The molecule has 2 aromatic rings. The Hall–Kier alpha value is -2.38. The van der Waals surface area contributed by atoms with Crippen molar-refractivity contribution in [2.45, 2.75) is 26.3 Å². The van der Waals surface area contributed by atoms with Gasteiger partial charge in [-0.15, -0.1) is 0 Å². The van der Waals surface area contributed by atoms with Crippen molar-refractivity contribution in [3.63, 3.8) is 0 Å². The number of carboxylic acid groups (broad SMARTS) is 1. The van der Waals surface area contributed by atoms with Crippen LogP contribution in [0, 0.1) is 6.92 Å². The Labute approximate surface area is 107 Å². The normalized spacial score (nSPS) is 12.0. The zero-order valence-electron chi connectivity index (χ0n) is 11.0. The summed E-state index contributed by atoms with van der Waals surface area (Å²) in [5.41, 5.74) is -2.31. The van der Waals surface area contributed by atoms with E-state index in [-0.39, 0.29) is 11.2 Å². The van der Waals surface area contributed by atoms with Gasteiger partial charge in [-0.3, -0.25) is 18.9 Å². The molecule has 0 radical (unpaired) electrons. The second-order valence-corrected chi connectivity index (χ2v) is 4.85. The summed E-state index contributed by atoms with van der Waals surface area (Å²) in [7, 11) is 1.45. The van der Waals surface area contributed by atoms with Crippen LogP contribution in [0.15, 0.2) is 9.59 Å². The number of aryl methyl sites for hydroxylation is 2. The van der Waals surface area contributed by atoms with E-state index in [9.17, 15) is 19.5 Å². The number of aromatic nitrogens is 4. The molecule has 102 valence electrons. The largest absolute Gasteiger partial charge is 0.480 e. The lowest BCUT2D eigenvalue weighted by atomic mass is 10.1. The van der Waals surface area contributed by atoms with Crippen LogP contribution in [0.1, 0.15) is 19.7 Å². The Kier molecular flexibility index (Phi) is 2.62. The fourth-order valence-electron chi connectivity index (χ4n) is 2.08. The van der Waals surface area contributed by atoms with Gasteiger partial charge in [-0.05, 0) is 20.8 Å². The molecular formula is C11H14N4O4. The number of rotatable bonds is 2. The Bertz CT molecular complexity index is 793. The smallest absolute Gasteiger partial charge is 0.329 e. The van der Waals surface area contributed by atoms with E-state index in [0.29, 0.717) is 5.82 Å². The van der Waals surface area contributed by atoms with Crippen molar-refractivity contribution >= 4 is 17.1 Å². The zero-order valence-corrected chi connectivity index (χ0v) is 11.0. The number of hydrogen-bond donors (Lipinski definition) is 2. The van der Waals surface area contributed by atoms with E-state index in [1.54, 1.807) is 6.92 Å². The van der Waals surface area contributed by atoms with Crippen molar-refractivity contribution in [1.29, 1.82) is 0 Å². The van der Waals surface area contributed by atoms with Crippen molar-refractivity contribution in [1.82, 2.24) is 19.1 Å². The third-order valence-electron chi connectivity index (χ3n) is 3.16. The predicted octanol–water partition coefficient (Wildman–Crippen LogP) is -0.449. The molecule has 2 rings (SSSR count). The summed E-state index contributed by atoms with van der Waals surface area (Å²) in [5.74, 6) is -0.725. The first-order valence-corrected chi connectivity index (χ1v) is 5.60. The number of nitrogens with one attached hydrogen (secondary N) is 1. The van der Waals surface area contributed by atoms with E-state index in [4.69, 9.17) is 0 Å². The van der Waals surface area contributed by atoms with Gasteiger partial charge in [0.25, 0.3) is 5.56 Å². The molecule has 0 aliphatic rings. The Morgan fingerprint density at radius 2 is 1.95 bits per heavy atom. The second-order valence-electron chi connectivity index (χ2n) is 4.85. The summed E-state index contributed by atoms with van der Waals surface area (Å²) in [6.45, 7) is 4.55. The maximum atomic E-state index is 11.7. The summed E-state index contributed by atoms with van der Waals surface area (Å²) in [4.78, 5) is 40.9. The van der Waals surface area contributed by atoms with Crippen LogP contribution >= 0.6 is 0 Å². The summed E-state index contributed by atoms with van der Waals surface area (Å²) in [5, 5.41) is 9.30. The minimum absolute atomic E-state index is 0.0499. The van der Waals surface area contributed by atoms with Crippen LogP contribution in [0.4, 0.5) is 0 Å². The molecule has 0 saturated heterocycles. The van der Waals surface area contributed by atoms with Gasteiger partial charge in [0.15, 0.2) is 11.2 Å². The Morgan fingerprint density at radius 1 is 1.37 bits per heavy atom. The number of aromatic amines is 1. The molecule has 2 N–H and O–H groups in total. The molecule has 0 spiro atoms. The summed E-state index contributed by atoms with van der Waals surface area (Å²) < 4.78 is 2.56. The van der Waals surface area contributed by atoms with Gasteiger partial charge in [0.1, 0.15) is 11.4 Å². The lowest BCUT2D eigenvalue weighted by Gasteiger charge is -2.24. The summed E-state index contributed by atoms with van der Waals surface area (Å²) >= 11 is 0. The maximum absolute atomic E-state index is 11.7. The number of imidazole rings is 1. The fraction of sp³-hybridized carbons (Fsp3) is 0.455. The average Bonchev–Trinajstić information content (AvgIpc) is 2.64. The van der Waals surface area contributed by atoms with E-state index in [1.165, 1.54) is 30.0 Å². The highest BCUT2D eigenvalue weighted by Crippen LogP contribution is 2.22. The number of aliphatic carboxylic acids is 1. The second kappa shape index (κ2) is 3.81. The first-order chi connectivity index (χ1) is 8.67. The number of fused-ring (bicyclic) bond motifs is 1. The molecular weight excluding hydrogens is 252 g/mol. The average molecular weight is 266 g/mol. The third kappa shape index (κ3) is 1.67. The molecule has 0 unspecified atom stereocenters. The lowest BCUT2D eigenvalue weighted by molar-refractivity contribution is -0.145. The summed E-state index contributed by atoms with van der Waals surface area (Å²) in [6.07, 6.45) is 0.